The smallest absolute Gasteiger partial charge is 0.262 e. The van der Waals surface area contributed by atoms with Crippen molar-refractivity contribution in [3.8, 4) is 5.75 Å². The molecule has 0 spiro atoms. The number of benzene rings is 2. The largest absolute Gasteiger partial charge is 0.480 e. The Morgan fingerprint density at radius 2 is 2.05 bits per heavy atom. The molecule has 7 heteroatoms. The third-order valence-electron chi connectivity index (χ3n) is 2.49. The van der Waals surface area contributed by atoms with Crippen molar-refractivity contribution in [2.24, 2.45) is 0 Å². The molecule has 21 heavy (non-hydrogen) atoms. The fraction of sp³-hybridized carbons (Fsp3) is 0.0714. The summed E-state index contributed by atoms with van der Waals surface area (Å²) in [6, 6.07) is 9.52. The number of carbonyl (C=O) groups is 1. The first-order chi connectivity index (χ1) is 9.95. The van der Waals surface area contributed by atoms with Crippen molar-refractivity contribution < 1.29 is 13.9 Å². The molecule has 0 radical (unpaired) electrons. The van der Waals surface area contributed by atoms with Crippen LogP contribution in [0.3, 0.4) is 0 Å². The zero-order chi connectivity index (χ0) is 15.4. The van der Waals surface area contributed by atoms with Gasteiger partial charge in [0.05, 0.1) is 10.2 Å². The Balaban J connectivity index is 1.99. The molecule has 0 atom stereocenters. The quantitative estimate of drug-likeness (QED) is 0.740. The number of amides is 1. The van der Waals surface area contributed by atoms with Crippen LogP contribution >= 0.6 is 31.9 Å². The van der Waals surface area contributed by atoms with Gasteiger partial charge in [-0.05, 0) is 40.2 Å². The Hall–Kier alpha value is -1.60. The van der Waals surface area contributed by atoms with E-state index in [4.69, 9.17) is 10.5 Å². The van der Waals surface area contributed by atoms with Gasteiger partial charge in [-0.3, -0.25) is 4.79 Å². The molecule has 0 aliphatic rings. The fourth-order valence-electron chi connectivity index (χ4n) is 1.63. The Bertz CT molecular complexity index is 657. The number of rotatable bonds is 4. The summed E-state index contributed by atoms with van der Waals surface area (Å²) in [6.45, 7) is -0.235. The minimum atomic E-state index is -0.481. The first-order valence-electron chi connectivity index (χ1n) is 5.88. The summed E-state index contributed by atoms with van der Waals surface area (Å²) in [4.78, 5) is 11.8. The zero-order valence-corrected chi connectivity index (χ0v) is 13.9. The maximum atomic E-state index is 13.1. The SMILES string of the molecule is Nc1cc(F)cc(Br)c1OCC(=O)Nc1cccc(Br)c1. The maximum absolute atomic E-state index is 13.1. The van der Waals surface area contributed by atoms with Crippen molar-refractivity contribution >= 4 is 49.1 Å². The minimum Gasteiger partial charge on any atom is -0.480 e. The number of ether oxygens (including phenoxy) is 1. The average Bonchev–Trinajstić information content (AvgIpc) is 2.37. The van der Waals surface area contributed by atoms with Gasteiger partial charge in [-0.25, -0.2) is 4.39 Å². The van der Waals surface area contributed by atoms with Crippen molar-refractivity contribution in [1.82, 2.24) is 0 Å². The molecule has 0 aliphatic heterocycles. The van der Waals surface area contributed by atoms with Crippen molar-refractivity contribution in [3.05, 3.63) is 51.2 Å². The predicted molar refractivity (Wildman–Crippen MR) is 86.8 cm³/mol. The predicted octanol–water partition coefficient (Wildman–Crippen LogP) is 3.95. The topological polar surface area (TPSA) is 64.3 Å². The number of halogens is 3. The average molecular weight is 418 g/mol. The van der Waals surface area contributed by atoms with E-state index in [-0.39, 0.29) is 24.0 Å². The highest BCUT2D eigenvalue weighted by Gasteiger charge is 2.11. The molecule has 4 nitrogen and oxygen atoms in total. The van der Waals surface area contributed by atoms with E-state index in [1.54, 1.807) is 18.2 Å². The summed E-state index contributed by atoms with van der Waals surface area (Å²) in [5.74, 6) is -0.588. The molecule has 1 amide bonds. The van der Waals surface area contributed by atoms with Crippen LogP contribution in [-0.2, 0) is 4.79 Å². The second-order valence-electron chi connectivity index (χ2n) is 4.15. The molecule has 0 aliphatic carbocycles. The van der Waals surface area contributed by atoms with Crippen LogP contribution in [0, 0.1) is 5.82 Å². The van der Waals surface area contributed by atoms with E-state index in [0.29, 0.717) is 10.2 Å². The Morgan fingerprint density at radius 3 is 2.71 bits per heavy atom. The summed E-state index contributed by atoms with van der Waals surface area (Å²) in [5, 5.41) is 2.68. The van der Waals surface area contributed by atoms with Gasteiger partial charge in [0.25, 0.3) is 5.91 Å². The third kappa shape index (κ3) is 4.44. The summed E-state index contributed by atoms with van der Waals surface area (Å²) in [5.41, 5.74) is 6.41. The number of anilines is 2. The van der Waals surface area contributed by atoms with E-state index in [1.165, 1.54) is 6.07 Å². The highest BCUT2D eigenvalue weighted by atomic mass is 79.9. The molecule has 110 valence electrons. The van der Waals surface area contributed by atoms with E-state index in [0.717, 1.165) is 10.5 Å². The molecule has 2 aromatic carbocycles. The van der Waals surface area contributed by atoms with Gasteiger partial charge in [0, 0.05) is 16.2 Å². The molecule has 2 aromatic rings. The number of hydrogen-bond acceptors (Lipinski definition) is 3. The van der Waals surface area contributed by atoms with Crippen molar-refractivity contribution in [1.29, 1.82) is 0 Å². The Morgan fingerprint density at radius 1 is 1.29 bits per heavy atom. The van der Waals surface area contributed by atoms with Gasteiger partial charge in [0.1, 0.15) is 5.82 Å². The van der Waals surface area contributed by atoms with E-state index in [2.05, 4.69) is 37.2 Å². The maximum Gasteiger partial charge on any atom is 0.262 e. The number of nitrogens with one attached hydrogen (secondary N) is 1. The summed E-state index contributed by atoms with van der Waals surface area (Å²) in [7, 11) is 0. The van der Waals surface area contributed by atoms with E-state index in [9.17, 15) is 9.18 Å². The van der Waals surface area contributed by atoms with Crippen molar-refractivity contribution in [2.75, 3.05) is 17.7 Å². The van der Waals surface area contributed by atoms with Gasteiger partial charge in [-0.2, -0.15) is 0 Å². The normalized spacial score (nSPS) is 10.2. The van der Waals surface area contributed by atoms with Crippen LogP contribution in [0.5, 0.6) is 5.75 Å². The van der Waals surface area contributed by atoms with Crippen molar-refractivity contribution in [2.45, 2.75) is 0 Å². The third-order valence-corrected chi connectivity index (χ3v) is 3.58. The number of carbonyl (C=O) groups excluding carboxylic acids is 1. The monoisotopic (exact) mass is 416 g/mol. The Labute approximate surface area is 137 Å². The van der Waals surface area contributed by atoms with Crippen molar-refractivity contribution in [3.63, 3.8) is 0 Å². The fourth-order valence-corrected chi connectivity index (χ4v) is 2.59. The summed E-state index contributed by atoms with van der Waals surface area (Å²) >= 11 is 6.45. The first-order valence-corrected chi connectivity index (χ1v) is 7.47. The number of hydrogen-bond donors (Lipinski definition) is 2. The van der Waals surface area contributed by atoms with E-state index in [1.807, 2.05) is 6.07 Å². The van der Waals surface area contributed by atoms with E-state index >= 15 is 0 Å². The summed E-state index contributed by atoms with van der Waals surface area (Å²) in [6.07, 6.45) is 0. The van der Waals surface area contributed by atoms with Gasteiger partial charge >= 0.3 is 0 Å². The van der Waals surface area contributed by atoms with Crippen LogP contribution in [0.15, 0.2) is 45.3 Å². The lowest BCUT2D eigenvalue weighted by Gasteiger charge is -2.11. The second-order valence-corrected chi connectivity index (χ2v) is 5.92. The highest BCUT2D eigenvalue weighted by molar-refractivity contribution is 9.10. The van der Waals surface area contributed by atoms with Crippen LogP contribution in [0.25, 0.3) is 0 Å². The van der Waals surface area contributed by atoms with Crippen LogP contribution < -0.4 is 15.8 Å². The van der Waals surface area contributed by atoms with Gasteiger partial charge in [-0.15, -0.1) is 0 Å². The van der Waals surface area contributed by atoms with Gasteiger partial charge in [0.15, 0.2) is 12.4 Å². The van der Waals surface area contributed by atoms with Gasteiger partial charge in [-0.1, -0.05) is 22.0 Å². The molecule has 0 heterocycles. The summed E-state index contributed by atoms with van der Waals surface area (Å²) < 4.78 is 19.6. The lowest BCUT2D eigenvalue weighted by atomic mass is 10.3. The van der Waals surface area contributed by atoms with Gasteiger partial charge < -0.3 is 15.8 Å². The molecule has 0 unspecified atom stereocenters. The van der Waals surface area contributed by atoms with Crippen LogP contribution in [0.1, 0.15) is 0 Å². The van der Waals surface area contributed by atoms with Crippen LogP contribution in [0.2, 0.25) is 0 Å². The van der Waals surface area contributed by atoms with Crippen LogP contribution in [-0.4, -0.2) is 12.5 Å². The molecule has 0 saturated carbocycles. The molecule has 0 aromatic heterocycles. The van der Waals surface area contributed by atoms with E-state index < -0.39 is 5.82 Å². The molecule has 2 rings (SSSR count). The standard InChI is InChI=1S/C14H11Br2FN2O2/c15-8-2-1-3-10(4-8)19-13(20)7-21-14-11(16)5-9(17)6-12(14)18/h1-6H,7,18H2,(H,19,20). The Kier molecular flexibility index (Phi) is 5.19. The molecule has 0 bridgehead atoms. The van der Waals surface area contributed by atoms with Crippen LogP contribution in [0.4, 0.5) is 15.8 Å². The molecule has 0 fully saturated rings. The highest BCUT2D eigenvalue weighted by Crippen LogP contribution is 2.32. The zero-order valence-electron chi connectivity index (χ0n) is 10.7. The second kappa shape index (κ2) is 6.91. The van der Waals surface area contributed by atoms with Gasteiger partial charge in [0.2, 0.25) is 0 Å². The lowest BCUT2D eigenvalue weighted by molar-refractivity contribution is -0.118. The minimum absolute atomic E-state index is 0.122. The molecular weight excluding hydrogens is 407 g/mol. The number of nitrogens with two attached hydrogens (primary N) is 1. The first kappa shape index (κ1) is 15.8. The molecule has 3 N–H and O–H groups in total. The lowest BCUT2D eigenvalue weighted by Crippen LogP contribution is -2.20. The molecule has 0 saturated heterocycles. The number of nitrogen functional groups attached to an aromatic ring is 1. The molecular formula is C14H11Br2FN2O2.